The molecule has 138 valence electrons. The van der Waals surface area contributed by atoms with E-state index in [1.165, 1.54) is 27.8 Å². The molecule has 0 bridgehead atoms. The standard InChI is InChI=1S/C23H30N2O/c1-18-11-19(2)13-20(12-18)16-26-17-23(25-9-7-24-8-10-25)14-21-5-3-4-6-22(21)15-23/h3-6,11-13,24H,7-10,14-17H2,1-2H3. The normalized spacial score (nSPS) is 19.5. The highest BCUT2D eigenvalue weighted by atomic mass is 16.5. The maximum absolute atomic E-state index is 6.34. The Morgan fingerprint density at radius 3 is 2.19 bits per heavy atom. The van der Waals surface area contributed by atoms with Gasteiger partial charge in [-0.05, 0) is 43.4 Å². The number of nitrogens with zero attached hydrogens (tertiary/aromatic N) is 1. The van der Waals surface area contributed by atoms with Gasteiger partial charge in [0.2, 0.25) is 0 Å². The topological polar surface area (TPSA) is 24.5 Å². The molecule has 1 heterocycles. The van der Waals surface area contributed by atoms with Gasteiger partial charge in [-0.1, -0.05) is 53.6 Å². The van der Waals surface area contributed by atoms with Crippen LogP contribution in [-0.2, 0) is 24.2 Å². The average molecular weight is 351 g/mol. The summed E-state index contributed by atoms with van der Waals surface area (Å²) in [4.78, 5) is 2.67. The second kappa shape index (κ2) is 7.51. The van der Waals surface area contributed by atoms with Crippen molar-refractivity contribution in [2.75, 3.05) is 32.8 Å². The molecule has 1 saturated heterocycles. The molecule has 0 saturated carbocycles. The molecule has 1 aliphatic carbocycles. The Morgan fingerprint density at radius 1 is 0.962 bits per heavy atom. The van der Waals surface area contributed by atoms with Crippen LogP contribution in [0.15, 0.2) is 42.5 Å². The van der Waals surface area contributed by atoms with Crippen LogP contribution in [0.1, 0.15) is 27.8 Å². The lowest BCUT2D eigenvalue weighted by Crippen LogP contribution is -2.59. The molecular formula is C23H30N2O. The molecule has 1 N–H and O–H groups in total. The van der Waals surface area contributed by atoms with Gasteiger partial charge in [-0.2, -0.15) is 0 Å². The van der Waals surface area contributed by atoms with E-state index in [1.54, 1.807) is 0 Å². The first-order chi connectivity index (χ1) is 12.6. The Balaban J connectivity index is 1.49. The molecule has 0 unspecified atom stereocenters. The molecule has 4 rings (SSSR count). The fourth-order valence-corrected chi connectivity index (χ4v) is 4.74. The van der Waals surface area contributed by atoms with E-state index < -0.39 is 0 Å². The minimum Gasteiger partial charge on any atom is -0.375 e. The Kier molecular flexibility index (Phi) is 5.12. The largest absolute Gasteiger partial charge is 0.375 e. The minimum atomic E-state index is 0.116. The number of benzene rings is 2. The van der Waals surface area contributed by atoms with Crippen LogP contribution < -0.4 is 5.32 Å². The van der Waals surface area contributed by atoms with E-state index in [0.717, 1.165) is 45.6 Å². The molecule has 0 spiro atoms. The molecule has 2 aromatic rings. The van der Waals surface area contributed by atoms with E-state index in [2.05, 4.69) is 66.5 Å². The molecule has 3 heteroatoms. The predicted molar refractivity (Wildman–Crippen MR) is 107 cm³/mol. The molecule has 0 aromatic heterocycles. The highest BCUT2D eigenvalue weighted by Gasteiger charge is 2.42. The van der Waals surface area contributed by atoms with E-state index >= 15 is 0 Å². The van der Waals surface area contributed by atoms with E-state index in [4.69, 9.17) is 4.74 Å². The second-order valence-electron chi connectivity index (χ2n) is 8.07. The molecule has 0 amide bonds. The highest BCUT2D eigenvalue weighted by Crippen LogP contribution is 2.35. The van der Waals surface area contributed by atoms with Crippen LogP contribution in [0.25, 0.3) is 0 Å². The Labute approximate surface area is 157 Å². The summed E-state index contributed by atoms with van der Waals surface area (Å²) in [5.74, 6) is 0. The monoisotopic (exact) mass is 350 g/mol. The van der Waals surface area contributed by atoms with Crippen molar-refractivity contribution in [1.29, 1.82) is 0 Å². The van der Waals surface area contributed by atoms with E-state index in [9.17, 15) is 0 Å². The van der Waals surface area contributed by atoms with Crippen LogP contribution in [0.5, 0.6) is 0 Å². The SMILES string of the molecule is Cc1cc(C)cc(COCC2(N3CCNCC3)Cc3ccccc3C2)c1. The Hall–Kier alpha value is -1.68. The summed E-state index contributed by atoms with van der Waals surface area (Å²) in [6, 6.07) is 15.6. The summed E-state index contributed by atoms with van der Waals surface area (Å²) < 4.78 is 6.34. The van der Waals surface area contributed by atoms with Crippen molar-refractivity contribution in [3.05, 3.63) is 70.3 Å². The minimum absolute atomic E-state index is 0.116. The van der Waals surface area contributed by atoms with Crippen LogP contribution in [-0.4, -0.2) is 43.2 Å². The van der Waals surface area contributed by atoms with Gasteiger partial charge in [0.1, 0.15) is 0 Å². The van der Waals surface area contributed by atoms with Crippen molar-refractivity contribution in [2.45, 2.75) is 38.8 Å². The third kappa shape index (κ3) is 3.71. The van der Waals surface area contributed by atoms with Gasteiger partial charge in [-0.3, -0.25) is 4.90 Å². The zero-order chi connectivity index (χ0) is 18.0. The van der Waals surface area contributed by atoms with E-state index in [0.29, 0.717) is 6.61 Å². The van der Waals surface area contributed by atoms with Crippen LogP contribution in [0.4, 0.5) is 0 Å². The highest BCUT2D eigenvalue weighted by molar-refractivity contribution is 5.36. The summed E-state index contributed by atoms with van der Waals surface area (Å²) in [5, 5.41) is 3.49. The van der Waals surface area contributed by atoms with Crippen LogP contribution in [0, 0.1) is 13.8 Å². The third-order valence-electron chi connectivity index (χ3n) is 5.87. The molecule has 3 nitrogen and oxygen atoms in total. The lowest BCUT2D eigenvalue weighted by molar-refractivity contribution is -0.0158. The summed E-state index contributed by atoms with van der Waals surface area (Å²) >= 11 is 0. The lowest BCUT2D eigenvalue weighted by atomic mass is 9.93. The number of rotatable bonds is 5. The first kappa shape index (κ1) is 17.7. The molecule has 1 aliphatic heterocycles. The van der Waals surface area contributed by atoms with Gasteiger partial charge < -0.3 is 10.1 Å². The van der Waals surface area contributed by atoms with Gasteiger partial charge in [0.25, 0.3) is 0 Å². The van der Waals surface area contributed by atoms with Crippen LogP contribution in [0.2, 0.25) is 0 Å². The summed E-state index contributed by atoms with van der Waals surface area (Å²) in [5.41, 5.74) is 7.03. The number of aryl methyl sites for hydroxylation is 2. The van der Waals surface area contributed by atoms with Crippen LogP contribution >= 0.6 is 0 Å². The van der Waals surface area contributed by atoms with Crippen molar-refractivity contribution in [3.63, 3.8) is 0 Å². The number of hydrogen-bond donors (Lipinski definition) is 1. The number of hydrogen-bond acceptors (Lipinski definition) is 3. The smallest absolute Gasteiger partial charge is 0.0718 e. The molecule has 0 atom stereocenters. The number of nitrogens with one attached hydrogen (secondary N) is 1. The van der Waals surface area contributed by atoms with Crippen molar-refractivity contribution in [3.8, 4) is 0 Å². The first-order valence-corrected chi connectivity index (χ1v) is 9.82. The molecule has 1 fully saturated rings. The van der Waals surface area contributed by atoms with Gasteiger partial charge in [-0.25, -0.2) is 0 Å². The summed E-state index contributed by atoms with van der Waals surface area (Å²) in [6.07, 6.45) is 2.21. The van der Waals surface area contributed by atoms with Crippen molar-refractivity contribution >= 4 is 0 Å². The summed E-state index contributed by atoms with van der Waals surface area (Å²) in [7, 11) is 0. The number of ether oxygens (including phenoxy) is 1. The molecule has 26 heavy (non-hydrogen) atoms. The van der Waals surface area contributed by atoms with Gasteiger partial charge in [0, 0.05) is 26.2 Å². The van der Waals surface area contributed by atoms with E-state index in [1.807, 2.05) is 0 Å². The quantitative estimate of drug-likeness (QED) is 0.896. The fraction of sp³-hybridized carbons (Fsp3) is 0.478. The van der Waals surface area contributed by atoms with Crippen LogP contribution in [0.3, 0.4) is 0 Å². The van der Waals surface area contributed by atoms with Gasteiger partial charge in [-0.15, -0.1) is 0 Å². The zero-order valence-corrected chi connectivity index (χ0v) is 16.1. The predicted octanol–water partition coefficient (Wildman–Crippen LogP) is 3.26. The number of piperazine rings is 1. The molecule has 0 radical (unpaired) electrons. The van der Waals surface area contributed by atoms with Gasteiger partial charge in [0.05, 0.1) is 18.8 Å². The Morgan fingerprint density at radius 2 is 1.58 bits per heavy atom. The fourth-order valence-electron chi connectivity index (χ4n) is 4.74. The first-order valence-electron chi connectivity index (χ1n) is 9.82. The van der Waals surface area contributed by atoms with E-state index in [-0.39, 0.29) is 5.54 Å². The van der Waals surface area contributed by atoms with Gasteiger partial charge >= 0.3 is 0 Å². The third-order valence-corrected chi connectivity index (χ3v) is 5.87. The lowest BCUT2D eigenvalue weighted by Gasteiger charge is -2.43. The average Bonchev–Trinajstić information content (AvgIpc) is 3.01. The molecule has 2 aliphatic rings. The summed E-state index contributed by atoms with van der Waals surface area (Å²) in [6.45, 7) is 10.2. The zero-order valence-electron chi connectivity index (χ0n) is 16.1. The number of fused-ring (bicyclic) bond motifs is 1. The maximum atomic E-state index is 6.34. The molecule has 2 aromatic carbocycles. The van der Waals surface area contributed by atoms with Crippen molar-refractivity contribution in [2.24, 2.45) is 0 Å². The maximum Gasteiger partial charge on any atom is 0.0718 e. The molecular weight excluding hydrogens is 320 g/mol. The van der Waals surface area contributed by atoms with Gasteiger partial charge in [0.15, 0.2) is 0 Å². The van der Waals surface area contributed by atoms with Crippen molar-refractivity contribution < 1.29 is 4.74 Å². The second-order valence-corrected chi connectivity index (χ2v) is 8.07. The Bertz CT molecular complexity index is 719. The van der Waals surface area contributed by atoms with Crippen molar-refractivity contribution in [1.82, 2.24) is 10.2 Å².